The van der Waals surface area contributed by atoms with Crippen LogP contribution in [-0.4, -0.2) is 15.9 Å². The van der Waals surface area contributed by atoms with Crippen molar-refractivity contribution in [2.75, 3.05) is 12.3 Å². The zero-order valence-electron chi connectivity index (χ0n) is 8.28. The van der Waals surface area contributed by atoms with E-state index >= 15 is 0 Å². The van der Waals surface area contributed by atoms with Crippen LogP contribution in [0, 0.1) is 0 Å². The van der Waals surface area contributed by atoms with E-state index in [0.717, 1.165) is 34.5 Å². The molecule has 2 aromatic rings. The average Bonchev–Trinajstić information content (AvgIpc) is 2.52. The quantitative estimate of drug-likeness (QED) is 0.888. The molecule has 0 saturated heterocycles. The van der Waals surface area contributed by atoms with E-state index in [9.17, 15) is 0 Å². The van der Waals surface area contributed by atoms with Crippen molar-refractivity contribution in [3.05, 3.63) is 28.8 Å². The molecule has 0 amide bonds. The maximum absolute atomic E-state index is 5.74. The number of pyridine rings is 1. The summed E-state index contributed by atoms with van der Waals surface area (Å²) in [7, 11) is 0. The third-order valence-corrected chi connectivity index (χ3v) is 2.88. The standard InChI is InChI=1S/C10H13BrN4/c11-10-8-4-3-7(13)6-15(8)9(14-10)2-1-5-12/h3-4,6H,1-2,5,12-13H2. The number of anilines is 1. The molecule has 0 unspecified atom stereocenters. The molecule has 5 heteroatoms. The van der Waals surface area contributed by atoms with Gasteiger partial charge in [0.05, 0.1) is 5.52 Å². The second-order valence-corrected chi connectivity index (χ2v) is 4.18. The smallest absolute Gasteiger partial charge is 0.132 e. The number of nitrogen functional groups attached to an aromatic ring is 1. The van der Waals surface area contributed by atoms with Crippen LogP contribution in [0.25, 0.3) is 5.52 Å². The van der Waals surface area contributed by atoms with Gasteiger partial charge >= 0.3 is 0 Å². The van der Waals surface area contributed by atoms with Crippen LogP contribution >= 0.6 is 15.9 Å². The summed E-state index contributed by atoms with van der Waals surface area (Å²) in [6.45, 7) is 0.675. The van der Waals surface area contributed by atoms with Crippen molar-refractivity contribution in [3.63, 3.8) is 0 Å². The van der Waals surface area contributed by atoms with Gasteiger partial charge < -0.3 is 15.9 Å². The summed E-state index contributed by atoms with van der Waals surface area (Å²) in [6, 6.07) is 3.83. The Balaban J connectivity index is 2.49. The molecule has 0 bridgehead atoms. The lowest BCUT2D eigenvalue weighted by molar-refractivity contribution is 0.777. The molecule has 0 fully saturated rings. The first-order valence-electron chi connectivity index (χ1n) is 4.84. The summed E-state index contributed by atoms with van der Waals surface area (Å²) in [5, 5.41) is 0. The number of rotatable bonds is 3. The van der Waals surface area contributed by atoms with E-state index in [2.05, 4.69) is 20.9 Å². The number of imidazole rings is 1. The highest BCUT2D eigenvalue weighted by atomic mass is 79.9. The third-order valence-electron chi connectivity index (χ3n) is 2.29. The number of halogens is 1. The molecule has 0 radical (unpaired) electrons. The number of fused-ring (bicyclic) bond motifs is 1. The predicted octanol–water partition coefficient (Wildman–Crippen LogP) is 1.57. The van der Waals surface area contributed by atoms with Crippen molar-refractivity contribution in [2.24, 2.45) is 5.73 Å². The summed E-state index contributed by atoms with van der Waals surface area (Å²) in [6.07, 6.45) is 3.69. The topological polar surface area (TPSA) is 69.3 Å². The molecule has 2 heterocycles. The molecule has 0 atom stereocenters. The fourth-order valence-corrected chi connectivity index (χ4v) is 2.09. The molecular weight excluding hydrogens is 256 g/mol. The van der Waals surface area contributed by atoms with Crippen LogP contribution in [0.1, 0.15) is 12.2 Å². The molecular formula is C10H13BrN4. The van der Waals surface area contributed by atoms with Crippen molar-refractivity contribution in [1.29, 1.82) is 0 Å². The van der Waals surface area contributed by atoms with E-state index in [1.165, 1.54) is 0 Å². The lowest BCUT2D eigenvalue weighted by atomic mass is 10.3. The van der Waals surface area contributed by atoms with Gasteiger partial charge in [-0.1, -0.05) is 0 Å². The lowest BCUT2D eigenvalue weighted by Gasteiger charge is -2.01. The largest absolute Gasteiger partial charge is 0.398 e. The van der Waals surface area contributed by atoms with Gasteiger partial charge in [-0.2, -0.15) is 0 Å². The Labute approximate surface area is 96.4 Å². The van der Waals surface area contributed by atoms with Gasteiger partial charge in [0, 0.05) is 18.3 Å². The molecule has 2 rings (SSSR count). The second kappa shape index (κ2) is 4.20. The number of nitrogens with two attached hydrogens (primary N) is 2. The highest BCUT2D eigenvalue weighted by Crippen LogP contribution is 2.21. The van der Waals surface area contributed by atoms with Crippen molar-refractivity contribution >= 4 is 27.1 Å². The van der Waals surface area contributed by atoms with Crippen molar-refractivity contribution in [1.82, 2.24) is 9.38 Å². The summed E-state index contributed by atoms with van der Waals surface area (Å²) in [5.74, 6) is 0.995. The monoisotopic (exact) mass is 268 g/mol. The molecule has 15 heavy (non-hydrogen) atoms. The summed E-state index contributed by atoms with van der Waals surface area (Å²) in [5.41, 5.74) is 13.0. The SMILES string of the molecule is NCCCc1nc(Br)c2ccc(N)cn12. The maximum Gasteiger partial charge on any atom is 0.132 e. The molecule has 80 valence electrons. The summed E-state index contributed by atoms with van der Waals surface area (Å²) in [4.78, 5) is 4.44. The molecule has 0 aliphatic heterocycles. The van der Waals surface area contributed by atoms with Crippen LogP contribution in [0.2, 0.25) is 0 Å². The molecule has 0 aliphatic rings. The first-order chi connectivity index (χ1) is 7.22. The van der Waals surface area contributed by atoms with Crippen molar-refractivity contribution < 1.29 is 0 Å². The molecule has 2 aromatic heterocycles. The normalized spacial score (nSPS) is 11.1. The Kier molecular flexibility index (Phi) is 2.93. The minimum absolute atomic E-state index is 0.675. The zero-order chi connectivity index (χ0) is 10.8. The zero-order valence-corrected chi connectivity index (χ0v) is 9.87. The Morgan fingerprint density at radius 1 is 1.40 bits per heavy atom. The van der Waals surface area contributed by atoms with Crippen molar-refractivity contribution in [2.45, 2.75) is 12.8 Å². The molecule has 0 saturated carbocycles. The average molecular weight is 269 g/mol. The van der Waals surface area contributed by atoms with Gasteiger partial charge in [0.2, 0.25) is 0 Å². The molecule has 0 aliphatic carbocycles. The van der Waals surface area contributed by atoms with Crippen LogP contribution in [-0.2, 0) is 6.42 Å². The number of hydrogen-bond donors (Lipinski definition) is 2. The highest BCUT2D eigenvalue weighted by molar-refractivity contribution is 9.10. The molecule has 4 nitrogen and oxygen atoms in total. The number of aryl methyl sites for hydroxylation is 1. The lowest BCUT2D eigenvalue weighted by Crippen LogP contribution is -2.03. The van der Waals surface area contributed by atoms with Gasteiger partial charge in [0.15, 0.2) is 0 Å². The van der Waals surface area contributed by atoms with E-state index in [4.69, 9.17) is 11.5 Å². The van der Waals surface area contributed by atoms with Gasteiger partial charge in [-0.25, -0.2) is 4.98 Å². The fourth-order valence-electron chi connectivity index (χ4n) is 1.56. The van der Waals surface area contributed by atoms with Gasteiger partial charge in [0.25, 0.3) is 0 Å². The molecule has 0 aromatic carbocycles. The third kappa shape index (κ3) is 1.98. The minimum atomic E-state index is 0.675. The van der Waals surface area contributed by atoms with Crippen molar-refractivity contribution in [3.8, 4) is 0 Å². The van der Waals surface area contributed by atoms with E-state index in [1.54, 1.807) is 0 Å². The van der Waals surface area contributed by atoms with Crippen LogP contribution in [0.4, 0.5) is 5.69 Å². The van der Waals surface area contributed by atoms with E-state index in [0.29, 0.717) is 6.54 Å². The van der Waals surface area contributed by atoms with Gasteiger partial charge in [-0.15, -0.1) is 0 Å². The molecule has 0 spiro atoms. The summed E-state index contributed by atoms with van der Waals surface area (Å²) >= 11 is 3.43. The van der Waals surface area contributed by atoms with E-state index < -0.39 is 0 Å². The van der Waals surface area contributed by atoms with Gasteiger partial charge in [-0.3, -0.25) is 0 Å². The first kappa shape index (κ1) is 10.4. The van der Waals surface area contributed by atoms with E-state index in [-0.39, 0.29) is 0 Å². The maximum atomic E-state index is 5.74. The first-order valence-corrected chi connectivity index (χ1v) is 5.63. The Morgan fingerprint density at radius 3 is 2.93 bits per heavy atom. The van der Waals surface area contributed by atoms with Gasteiger partial charge in [-0.05, 0) is 41.0 Å². The van der Waals surface area contributed by atoms with Crippen LogP contribution in [0.15, 0.2) is 22.9 Å². The highest BCUT2D eigenvalue weighted by Gasteiger charge is 2.08. The Bertz CT molecular complexity index is 477. The van der Waals surface area contributed by atoms with Crippen LogP contribution in [0.5, 0.6) is 0 Å². The number of hydrogen-bond acceptors (Lipinski definition) is 3. The number of nitrogens with zero attached hydrogens (tertiary/aromatic N) is 2. The minimum Gasteiger partial charge on any atom is -0.398 e. The second-order valence-electron chi connectivity index (χ2n) is 3.43. The molecule has 4 N–H and O–H groups in total. The Morgan fingerprint density at radius 2 is 2.20 bits per heavy atom. The Hall–Kier alpha value is -1.07. The van der Waals surface area contributed by atoms with E-state index in [1.807, 2.05) is 22.7 Å². The van der Waals surface area contributed by atoms with Crippen LogP contribution < -0.4 is 11.5 Å². The number of aromatic nitrogens is 2. The fraction of sp³-hybridized carbons (Fsp3) is 0.300. The van der Waals surface area contributed by atoms with Crippen LogP contribution in [0.3, 0.4) is 0 Å². The summed E-state index contributed by atoms with van der Waals surface area (Å²) < 4.78 is 2.87. The predicted molar refractivity (Wildman–Crippen MR) is 64.7 cm³/mol. The van der Waals surface area contributed by atoms with Gasteiger partial charge in [0.1, 0.15) is 10.4 Å².